The van der Waals surface area contributed by atoms with Gasteiger partial charge in [0.2, 0.25) is 11.8 Å². The van der Waals surface area contributed by atoms with Gasteiger partial charge in [0.05, 0.1) is 7.11 Å². The molecule has 2 aliphatic heterocycles. The van der Waals surface area contributed by atoms with E-state index in [1.54, 1.807) is 18.4 Å². The van der Waals surface area contributed by atoms with Crippen LogP contribution >= 0.6 is 11.3 Å². The molecule has 0 spiro atoms. The van der Waals surface area contributed by atoms with Crippen molar-refractivity contribution in [2.45, 2.75) is 38.6 Å². The van der Waals surface area contributed by atoms with Crippen LogP contribution < -0.4 is 4.74 Å². The van der Waals surface area contributed by atoms with Gasteiger partial charge in [0, 0.05) is 57.0 Å². The number of hydrogen-bond acceptors (Lipinski definition) is 5. The molecule has 32 heavy (non-hydrogen) atoms. The minimum atomic E-state index is 0.221. The number of rotatable bonds is 7. The van der Waals surface area contributed by atoms with Gasteiger partial charge in [0.25, 0.3) is 0 Å². The molecule has 0 bridgehead atoms. The molecule has 1 aromatic heterocycles. The number of aryl methyl sites for hydroxylation is 1. The maximum absolute atomic E-state index is 12.7. The van der Waals surface area contributed by atoms with Crippen molar-refractivity contribution in [2.75, 3.05) is 46.4 Å². The van der Waals surface area contributed by atoms with E-state index >= 15 is 0 Å². The van der Waals surface area contributed by atoms with E-state index in [0.717, 1.165) is 76.4 Å². The van der Waals surface area contributed by atoms with Crippen LogP contribution in [0, 0.1) is 0 Å². The highest BCUT2D eigenvalue weighted by Gasteiger charge is 2.23. The average Bonchev–Trinajstić information content (AvgIpc) is 3.17. The maximum Gasteiger partial charge on any atom is 0.224 e. The normalized spacial score (nSPS) is 17.0. The number of benzene rings is 1. The topological polar surface area (TPSA) is 53.1 Å². The molecule has 0 N–H and O–H groups in total. The van der Waals surface area contributed by atoms with E-state index in [1.165, 1.54) is 10.4 Å². The SMILES string of the molecule is COc1ccc(CCC(=O)N2CCCN(CCC(=O)N3CCc4sccc4C3)CC2)cc1. The summed E-state index contributed by atoms with van der Waals surface area (Å²) < 4.78 is 5.19. The molecule has 2 aromatic rings. The van der Waals surface area contributed by atoms with Gasteiger partial charge in [-0.25, -0.2) is 0 Å². The number of ether oxygens (including phenoxy) is 1. The van der Waals surface area contributed by atoms with Crippen LogP contribution in [0.1, 0.15) is 35.3 Å². The smallest absolute Gasteiger partial charge is 0.224 e. The second kappa shape index (κ2) is 11.0. The molecule has 1 fully saturated rings. The first-order valence-corrected chi connectivity index (χ1v) is 12.5. The van der Waals surface area contributed by atoms with Crippen molar-refractivity contribution in [1.82, 2.24) is 14.7 Å². The molecular weight excluding hydrogens is 422 g/mol. The largest absolute Gasteiger partial charge is 0.497 e. The molecule has 2 amide bonds. The highest BCUT2D eigenvalue weighted by atomic mass is 32.1. The van der Waals surface area contributed by atoms with Crippen molar-refractivity contribution in [3.8, 4) is 5.75 Å². The number of thiophene rings is 1. The van der Waals surface area contributed by atoms with Gasteiger partial charge in [-0.05, 0) is 60.5 Å². The van der Waals surface area contributed by atoms with Crippen LogP contribution in [-0.2, 0) is 29.0 Å². The van der Waals surface area contributed by atoms with Crippen molar-refractivity contribution >= 4 is 23.2 Å². The molecule has 1 saturated heterocycles. The Kier molecular flexibility index (Phi) is 7.81. The maximum atomic E-state index is 12.7. The number of methoxy groups -OCH3 is 1. The zero-order valence-corrected chi connectivity index (χ0v) is 19.7. The molecule has 3 heterocycles. The number of nitrogens with zero attached hydrogens (tertiary/aromatic N) is 3. The minimum absolute atomic E-state index is 0.221. The van der Waals surface area contributed by atoms with Crippen LogP contribution in [-0.4, -0.2) is 72.9 Å². The fraction of sp³-hybridized carbons (Fsp3) is 0.520. The predicted octanol–water partition coefficient (Wildman–Crippen LogP) is 3.20. The predicted molar refractivity (Wildman–Crippen MR) is 127 cm³/mol. The zero-order chi connectivity index (χ0) is 22.3. The van der Waals surface area contributed by atoms with Crippen molar-refractivity contribution in [2.24, 2.45) is 0 Å². The fourth-order valence-electron chi connectivity index (χ4n) is 4.52. The summed E-state index contributed by atoms with van der Waals surface area (Å²) in [5, 5.41) is 2.12. The highest BCUT2D eigenvalue weighted by Crippen LogP contribution is 2.24. The van der Waals surface area contributed by atoms with E-state index in [2.05, 4.69) is 16.3 Å². The summed E-state index contributed by atoms with van der Waals surface area (Å²) in [6, 6.07) is 10.1. The zero-order valence-electron chi connectivity index (χ0n) is 18.9. The standard InChI is InChI=1S/C25H33N3O3S/c1-31-22-6-3-20(4-7-22)5-8-24(29)27-13-2-12-26(16-17-27)14-10-25(30)28-15-9-23-21(19-28)11-18-32-23/h3-4,6-7,11,18H,2,5,8-10,12-17,19H2,1H3. The Morgan fingerprint density at radius 2 is 1.75 bits per heavy atom. The lowest BCUT2D eigenvalue weighted by atomic mass is 10.1. The van der Waals surface area contributed by atoms with E-state index in [1.807, 2.05) is 34.1 Å². The summed E-state index contributed by atoms with van der Waals surface area (Å²) in [5.74, 6) is 1.31. The number of carbonyl (C=O) groups excluding carboxylic acids is 2. The molecular formula is C25H33N3O3S. The van der Waals surface area contributed by atoms with E-state index in [0.29, 0.717) is 12.8 Å². The van der Waals surface area contributed by atoms with Crippen molar-refractivity contribution in [3.63, 3.8) is 0 Å². The van der Waals surface area contributed by atoms with Crippen LogP contribution in [0.4, 0.5) is 0 Å². The summed E-state index contributed by atoms with van der Waals surface area (Å²) in [4.78, 5) is 33.2. The number of hydrogen-bond donors (Lipinski definition) is 0. The Labute approximate surface area is 194 Å². The van der Waals surface area contributed by atoms with E-state index < -0.39 is 0 Å². The lowest BCUT2D eigenvalue weighted by Crippen LogP contribution is -2.39. The molecule has 0 saturated carbocycles. The fourth-order valence-corrected chi connectivity index (χ4v) is 5.41. The third kappa shape index (κ3) is 5.90. The first-order valence-electron chi connectivity index (χ1n) is 11.6. The van der Waals surface area contributed by atoms with Crippen LogP contribution in [0.3, 0.4) is 0 Å². The first-order chi connectivity index (χ1) is 15.6. The van der Waals surface area contributed by atoms with Crippen molar-refractivity contribution in [3.05, 3.63) is 51.7 Å². The lowest BCUT2D eigenvalue weighted by molar-refractivity contribution is -0.133. The summed E-state index contributed by atoms with van der Waals surface area (Å²) in [6.45, 7) is 5.72. The molecule has 6 nitrogen and oxygen atoms in total. The molecule has 2 aliphatic rings. The Morgan fingerprint density at radius 1 is 0.938 bits per heavy atom. The van der Waals surface area contributed by atoms with E-state index in [-0.39, 0.29) is 11.8 Å². The van der Waals surface area contributed by atoms with Gasteiger partial charge < -0.3 is 19.4 Å². The van der Waals surface area contributed by atoms with Crippen LogP contribution in [0.5, 0.6) is 5.75 Å². The molecule has 172 valence electrons. The summed E-state index contributed by atoms with van der Waals surface area (Å²) >= 11 is 1.80. The average molecular weight is 456 g/mol. The Balaban J connectivity index is 1.18. The minimum Gasteiger partial charge on any atom is -0.497 e. The van der Waals surface area contributed by atoms with Gasteiger partial charge in [-0.1, -0.05) is 12.1 Å². The van der Waals surface area contributed by atoms with Gasteiger partial charge in [-0.2, -0.15) is 0 Å². The second-order valence-electron chi connectivity index (χ2n) is 8.61. The molecule has 0 unspecified atom stereocenters. The number of carbonyl (C=O) groups is 2. The summed E-state index contributed by atoms with van der Waals surface area (Å²) in [5.41, 5.74) is 2.47. The Bertz CT molecular complexity index is 911. The molecule has 0 aliphatic carbocycles. The number of amides is 2. The van der Waals surface area contributed by atoms with Crippen LogP contribution in [0.15, 0.2) is 35.7 Å². The molecule has 1 aromatic carbocycles. The molecule has 4 rings (SSSR count). The summed E-state index contributed by atoms with van der Waals surface area (Å²) in [7, 11) is 1.66. The van der Waals surface area contributed by atoms with Gasteiger partial charge in [-0.15, -0.1) is 11.3 Å². The quantitative estimate of drug-likeness (QED) is 0.644. The summed E-state index contributed by atoms with van der Waals surface area (Å²) in [6.07, 6.45) is 3.79. The third-order valence-corrected chi connectivity index (χ3v) is 7.55. The monoisotopic (exact) mass is 455 g/mol. The van der Waals surface area contributed by atoms with Crippen molar-refractivity contribution < 1.29 is 14.3 Å². The third-order valence-electron chi connectivity index (χ3n) is 6.53. The van der Waals surface area contributed by atoms with Gasteiger partial charge in [-0.3, -0.25) is 9.59 Å². The Hall–Kier alpha value is -2.38. The van der Waals surface area contributed by atoms with Crippen LogP contribution in [0.2, 0.25) is 0 Å². The van der Waals surface area contributed by atoms with Crippen LogP contribution in [0.25, 0.3) is 0 Å². The molecule has 0 atom stereocenters. The Morgan fingerprint density at radius 3 is 2.56 bits per heavy atom. The highest BCUT2D eigenvalue weighted by molar-refractivity contribution is 7.10. The molecule has 7 heteroatoms. The lowest BCUT2D eigenvalue weighted by Gasteiger charge is -2.28. The van der Waals surface area contributed by atoms with Gasteiger partial charge in [0.1, 0.15) is 5.75 Å². The number of fused-ring (bicyclic) bond motifs is 1. The van der Waals surface area contributed by atoms with Gasteiger partial charge >= 0.3 is 0 Å². The van der Waals surface area contributed by atoms with E-state index in [9.17, 15) is 9.59 Å². The van der Waals surface area contributed by atoms with Crippen molar-refractivity contribution in [1.29, 1.82) is 0 Å². The van der Waals surface area contributed by atoms with Gasteiger partial charge in [0.15, 0.2) is 0 Å². The second-order valence-corrected chi connectivity index (χ2v) is 9.61. The first kappa shape index (κ1) is 22.8. The molecule has 0 radical (unpaired) electrons. The van der Waals surface area contributed by atoms with E-state index in [4.69, 9.17) is 4.74 Å².